The number of hydrogen-bond donors (Lipinski definition) is 3. The predicted octanol–water partition coefficient (Wildman–Crippen LogP) is 0.255. The molecule has 9 heteroatoms. The van der Waals surface area contributed by atoms with Gasteiger partial charge in [0.05, 0.1) is 16.2 Å². The van der Waals surface area contributed by atoms with Crippen molar-refractivity contribution in [1.29, 1.82) is 0 Å². The lowest BCUT2D eigenvalue weighted by Gasteiger charge is -2.29. The molecule has 4 N–H and O–H groups in total. The quantitative estimate of drug-likeness (QED) is 0.255. The van der Waals surface area contributed by atoms with Crippen molar-refractivity contribution in [3.8, 4) is 0 Å². The lowest BCUT2D eigenvalue weighted by atomic mass is 9.92. The van der Waals surface area contributed by atoms with E-state index in [1.807, 2.05) is 6.92 Å². The molecule has 0 bridgehead atoms. The van der Waals surface area contributed by atoms with Crippen LogP contribution in [0.25, 0.3) is 0 Å². The van der Waals surface area contributed by atoms with Gasteiger partial charge in [0.25, 0.3) is 0 Å². The fraction of sp³-hybridized carbons (Fsp3) is 0.750. The molecule has 1 aliphatic heterocycles. The smallest absolute Gasteiger partial charge is 0.411 e. The summed E-state index contributed by atoms with van der Waals surface area (Å²) in [7, 11) is 0. The van der Waals surface area contributed by atoms with Crippen molar-refractivity contribution >= 4 is 18.1 Å². The van der Waals surface area contributed by atoms with Crippen LogP contribution >= 0.6 is 0 Å². The van der Waals surface area contributed by atoms with E-state index in [0.717, 1.165) is 0 Å². The third-order valence-electron chi connectivity index (χ3n) is 3.46. The fourth-order valence-electron chi connectivity index (χ4n) is 1.81. The van der Waals surface area contributed by atoms with E-state index < -0.39 is 16.2 Å². The predicted molar refractivity (Wildman–Crippen MR) is 80.8 cm³/mol. The molecule has 118 valence electrons. The van der Waals surface area contributed by atoms with Gasteiger partial charge in [-0.05, 0) is 32.9 Å². The number of rotatable bonds is 8. The second-order valence-electron chi connectivity index (χ2n) is 5.66. The summed E-state index contributed by atoms with van der Waals surface area (Å²) in [6.45, 7) is 6.65. The Morgan fingerprint density at radius 1 is 1.57 bits per heavy atom. The molecule has 21 heavy (non-hydrogen) atoms. The van der Waals surface area contributed by atoms with Gasteiger partial charge in [0.15, 0.2) is 0 Å². The Kier molecular flexibility index (Phi) is 5.50. The zero-order valence-corrected chi connectivity index (χ0v) is 12.5. The first kappa shape index (κ1) is 17.2. The van der Waals surface area contributed by atoms with E-state index in [1.165, 1.54) is 12.4 Å². The van der Waals surface area contributed by atoms with E-state index in [4.69, 9.17) is 5.73 Å². The molecule has 1 aliphatic rings. The van der Waals surface area contributed by atoms with Crippen molar-refractivity contribution in [2.75, 3.05) is 13.1 Å². The van der Waals surface area contributed by atoms with Gasteiger partial charge in [-0.15, -0.1) is 0 Å². The highest BCUT2D eigenvalue weighted by Crippen LogP contribution is 2.25. The summed E-state index contributed by atoms with van der Waals surface area (Å²) < 4.78 is 0. The molecule has 1 atom stereocenters. The third kappa shape index (κ3) is 4.05. The van der Waals surface area contributed by atoms with Crippen LogP contribution in [0.3, 0.4) is 0 Å². The van der Waals surface area contributed by atoms with Crippen LogP contribution in [-0.2, 0) is 0 Å². The molecule has 0 aliphatic carbocycles. The zero-order valence-electron chi connectivity index (χ0n) is 12.5. The van der Waals surface area contributed by atoms with E-state index in [1.54, 1.807) is 13.8 Å². The maximum Gasteiger partial charge on any atom is 0.417 e. The number of nitrogens with zero attached hydrogens (tertiary/aromatic N) is 4. The number of nitro groups is 1. The Morgan fingerprint density at radius 2 is 2.14 bits per heavy atom. The molecule has 0 aromatic rings. The molecule has 0 fully saturated rings. The van der Waals surface area contributed by atoms with Gasteiger partial charge in [0, 0.05) is 12.4 Å². The van der Waals surface area contributed by atoms with Gasteiger partial charge >= 0.3 is 5.79 Å². The minimum atomic E-state index is -1.83. The highest BCUT2D eigenvalue weighted by atomic mass is 16.6. The van der Waals surface area contributed by atoms with E-state index in [-0.39, 0.29) is 18.1 Å². The number of nitrogens with two attached hydrogens (primary N) is 1. The first-order valence-corrected chi connectivity index (χ1v) is 6.67. The van der Waals surface area contributed by atoms with Gasteiger partial charge in [-0.3, -0.25) is 10.1 Å². The molecule has 9 nitrogen and oxygen atoms in total. The number of aliphatic imine (C=N–C) groups is 2. The van der Waals surface area contributed by atoms with Crippen LogP contribution in [-0.4, -0.2) is 52.7 Å². The molecule has 1 rings (SSSR count). The highest BCUT2D eigenvalue weighted by Gasteiger charge is 2.47. The fourth-order valence-corrected chi connectivity index (χ4v) is 1.81. The monoisotopic (exact) mass is 298 g/mol. The number of oxime groups is 1. The van der Waals surface area contributed by atoms with Crippen LogP contribution in [0.15, 0.2) is 15.1 Å². The van der Waals surface area contributed by atoms with Crippen molar-refractivity contribution in [1.82, 2.24) is 5.32 Å². The molecule has 0 saturated carbocycles. The molecule has 0 saturated heterocycles. The second kappa shape index (κ2) is 6.72. The van der Waals surface area contributed by atoms with Crippen LogP contribution in [0.4, 0.5) is 0 Å². The van der Waals surface area contributed by atoms with Crippen molar-refractivity contribution < 1.29 is 10.1 Å². The summed E-state index contributed by atoms with van der Waals surface area (Å²) in [4.78, 5) is 18.2. The van der Waals surface area contributed by atoms with Crippen LogP contribution in [0.5, 0.6) is 0 Å². The summed E-state index contributed by atoms with van der Waals surface area (Å²) in [6.07, 6.45) is 2.34. The summed E-state index contributed by atoms with van der Waals surface area (Å²) in [5, 5.41) is 26.9. The molecular weight excluding hydrogens is 276 g/mol. The first-order chi connectivity index (χ1) is 9.77. The maximum atomic E-state index is 11.2. The van der Waals surface area contributed by atoms with Crippen LogP contribution in [0, 0.1) is 16.0 Å². The molecule has 0 radical (unpaired) electrons. The standard InChI is InChI=1S/C12H22N6O3/c1-9(7-13)8-16-11(2,3)10(17-19)6-12(18(20)21)14-4-5-15-12/h4-5,9,16,19H,6-8,13H2,1-3H3. The van der Waals surface area contributed by atoms with Gasteiger partial charge in [0.2, 0.25) is 0 Å². The van der Waals surface area contributed by atoms with Crippen molar-refractivity contribution in [3.05, 3.63) is 10.1 Å². The molecule has 1 heterocycles. The molecule has 0 aromatic carbocycles. The Balaban J connectivity index is 2.85. The average molecular weight is 298 g/mol. The Labute approximate surface area is 123 Å². The maximum absolute atomic E-state index is 11.2. The highest BCUT2D eigenvalue weighted by molar-refractivity contribution is 6.17. The first-order valence-electron chi connectivity index (χ1n) is 6.67. The Bertz CT molecular complexity index is 460. The number of hydrogen-bond acceptors (Lipinski definition) is 8. The van der Waals surface area contributed by atoms with E-state index in [2.05, 4.69) is 20.5 Å². The second-order valence-corrected chi connectivity index (χ2v) is 5.66. The van der Waals surface area contributed by atoms with Gasteiger partial charge in [-0.1, -0.05) is 12.1 Å². The van der Waals surface area contributed by atoms with Crippen molar-refractivity contribution in [3.63, 3.8) is 0 Å². The summed E-state index contributed by atoms with van der Waals surface area (Å²) in [5.41, 5.74) is 5.02. The van der Waals surface area contributed by atoms with Crippen molar-refractivity contribution in [2.24, 2.45) is 26.8 Å². The molecule has 0 aromatic heterocycles. The van der Waals surface area contributed by atoms with E-state index in [9.17, 15) is 15.3 Å². The number of nitrogens with one attached hydrogen (secondary N) is 1. The topological polar surface area (TPSA) is 138 Å². The van der Waals surface area contributed by atoms with Gasteiger partial charge in [-0.25, -0.2) is 0 Å². The molecule has 0 amide bonds. The molecule has 1 unspecified atom stereocenters. The largest absolute Gasteiger partial charge is 0.417 e. The Hall–Kier alpha value is -1.87. The lowest BCUT2D eigenvalue weighted by Crippen LogP contribution is -2.52. The van der Waals surface area contributed by atoms with Crippen LogP contribution < -0.4 is 11.1 Å². The third-order valence-corrected chi connectivity index (χ3v) is 3.46. The van der Waals surface area contributed by atoms with Crippen molar-refractivity contribution in [2.45, 2.75) is 38.5 Å². The minimum Gasteiger partial charge on any atom is -0.411 e. The molecule has 0 spiro atoms. The van der Waals surface area contributed by atoms with Crippen LogP contribution in [0.2, 0.25) is 0 Å². The SMILES string of the molecule is CC(CN)CNC(C)(C)C(CC1([N+](=O)[O-])N=CC=N1)=NO. The summed E-state index contributed by atoms with van der Waals surface area (Å²) in [5.74, 6) is -1.60. The normalized spacial score (nSPS) is 19.0. The molecular formula is C12H22N6O3. The van der Waals surface area contributed by atoms with E-state index in [0.29, 0.717) is 13.1 Å². The Morgan fingerprint density at radius 3 is 2.57 bits per heavy atom. The summed E-state index contributed by atoms with van der Waals surface area (Å²) >= 11 is 0. The lowest BCUT2D eigenvalue weighted by molar-refractivity contribution is -0.563. The van der Waals surface area contributed by atoms with Gasteiger partial charge in [0.1, 0.15) is 6.42 Å². The summed E-state index contributed by atoms with van der Waals surface area (Å²) in [6, 6.07) is 0. The van der Waals surface area contributed by atoms with Gasteiger partial charge < -0.3 is 16.3 Å². The van der Waals surface area contributed by atoms with Crippen LogP contribution in [0.1, 0.15) is 27.2 Å². The van der Waals surface area contributed by atoms with Gasteiger partial charge in [-0.2, -0.15) is 9.98 Å². The minimum absolute atomic E-state index is 0.208. The average Bonchev–Trinajstić information content (AvgIpc) is 2.92. The zero-order chi connectivity index (χ0) is 16.1. The van der Waals surface area contributed by atoms with E-state index >= 15 is 0 Å².